The van der Waals surface area contributed by atoms with E-state index in [1.807, 2.05) is 37.3 Å². The number of hydrogen-bond acceptors (Lipinski definition) is 7. The van der Waals surface area contributed by atoms with Gasteiger partial charge in [0.25, 0.3) is 5.89 Å². The van der Waals surface area contributed by atoms with E-state index in [4.69, 9.17) is 4.42 Å². The van der Waals surface area contributed by atoms with Crippen LogP contribution < -0.4 is 4.90 Å². The molecule has 3 heterocycles. The third-order valence-electron chi connectivity index (χ3n) is 7.65. The molecule has 0 aliphatic carbocycles. The minimum Gasteiger partial charge on any atom is -0.430 e. The molecule has 0 bridgehead atoms. The third kappa shape index (κ3) is 4.42. The molecule has 9 heteroatoms. The molecule has 0 N–H and O–H groups in total. The van der Waals surface area contributed by atoms with Gasteiger partial charge >= 0.3 is 5.91 Å². The van der Waals surface area contributed by atoms with Gasteiger partial charge in [0, 0.05) is 57.8 Å². The monoisotopic (exact) mass is 500 g/mol. The van der Waals surface area contributed by atoms with Crippen molar-refractivity contribution in [3.63, 3.8) is 0 Å². The second-order valence-electron chi connectivity index (χ2n) is 10.0. The number of carbonyl (C=O) groups is 2. The number of piperazine rings is 1. The maximum atomic E-state index is 13.4. The maximum Gasteiger partial charge on any atom is 0.309 e. The summed E-state index contributed by atoms with van der Waals surface area (Å²) < 4.78 is 6.27. The maximum absolute atomic E-state index is 13.4. The molecule has 2 aliphatic heterocycles. The summed E-state index contributed by atoms with van der Waals surface area (Å²) in [7, 11) is 4.17. The van der Waals surface area contributed by atoms with Gasteiger partial charge in [-0.15, -0.1) is 0 Å². The number of nitriles is 1. The van der Waals surface area contributed by atoms with Gasteiger partial charge in [0.05, 0.1) is 11.3 Å². The average molecular weight is 501 g/mol. The number of benzene rings is 2. The van der Waals surface area contributed by atoms with E-state index >= 15 is 0 Å². The van der Waals surface area contributed by atoms with Crippen LogP contribution in [0.2, 0.25) is 0 Å². The number of oxazole rings is 1. The molecule has 2 fully saturated rings. The molecule has 1 atom stereocenters. The van der Waals surface area contributed by atoms with E-state index in [-0.39, 0.29) is 17.7 Å². The molecule has 0 spiro atoms. The normalized spacial score (nSPS) is 18.1. The number of aromatic nitrogens is 1. The molecule has 9 nitrogen and oxygen atoms in total. The second-order valence-corrected chi connectivity index (χ2v) is 10.0. The van der Waals surface area contributed by atoms with Gasteiger partial charge in [-0.2, -0.15) is 5.26 Å². The number of likely N-dealkylation sites (N-methyl/N-ethyl adjacent to an activating group) is 1. The molecular formula is C28H32N6O3. The van der Waals surface area contributed by atoms with Crippen LogP contribution >= 0.6 is 0 Å². The molecule has 1 aromatic heterocycles. The van der Waals surface area contributed by atoms with Crippen molar-refractivity contribution in [3.8, 4) is 17.2 Å². The summed E-state index contributed by atoms with van der Waals surface area (Å²) in [4.78, 5) is 37.6. The summed E-state index contributed by atoms with van der Waals surface area (Å²) in [6, 6.07) is 12.7. The van der Waals surface area contributed by atoms with Crippen LogP contribution in [0.3, 0.4) is 0 Å². The number of amides is 2. The summed E-state index contributed by atoms with van der Waals surface area (Å²) in [5, 5.41) is 10.2. The van der Waals surface area contributed by atoms with Crippen molar-refractivity contribution in [2.75, 3.05) is 58.3 Å². The van der Waals surface area contributed by atoms with Crippen LogP contribution in [0.4, 0.5) is 5.69 Å². The first-order chi connectivity index (χ1) is 17.8. The fraction of sp³-hybridized carbons (Fsp3) is 0.429. The Labute approximate surface area is 216 Å². The van der Waals surface area contributed by atoms with Crippen LogP contribution in [0.15, 0.2) is 34.7 Å². The van der Waals surface area contributed by atoms with Gasteiger partial charge < -0.3 is 24.0 Å². The van der Waals surface area contributed by atoms with Crippen molar-refractivity contribution in [2.24, 2.45) is 0 Å². The number of nitrogens with zero attached hydrogens (tertiary/aromatic N) is 6. The molecule has 5 rings (SSSR count). The van der Waals surface area contributed by atoms with E-state index in [0.717, 1.165) is 41.9 Å². The Bertz CT molecular complexity index is 1380. The lowest BCUT2D eigenvalue weighted by Gasteiger charge is -2.33. The molecule has 2 amide bonds. The molecule has 2 aromatic carbocycles. The number of fused-ring (bicyclic) bond motifs is 1. The van der Waals surface area contributed by atoms with Gasteiger partial charge in [-0.05, 0) is 38.6 Å². The number of carbonyl (C=O) groups excluding carboxylic acids is 2. The number of hydrogen-bond donors (Lipinski definition) is 0. The van der Waals surface area contributed by atoms with Gasteiger partial charge in [0.2, 0.25) is 5.91 Å². The van der Waals surface area contributed by atoms with Crippen molar-refractivity contribution < 1.29 is 14.0 Å². The van der Waals surface area contributed by atoms with Crippen molar-refractivity contribution >= 4 is 28.6 Å². The van der Waals surface area contributed by atoms with Gasteiger partial charge in [-0.25, -0.2) is 4.98 Å². The Kier molecular flexibility index (Phi) is 6.61. The lowest BCUT2D eigenvalue weighted by molar-refractivity contribution is -0.130. The van der Waals surface area contributed by atoms with E-state index in [1.165, 1.54) is 6.92 Å². The molecule has 2 aliphatic rings. The Hall–Kier alpha value is -3.90. The van der Waals surface area contributed by atoms with E-state index in [2.05, 4.69) is 34.9 Å². The molecular weight excluding hydrogens is 468 g/mol. The van der Waals surface area contributed by atoms with Gasteiger partial charge in [0.15, 0.2) is 5.58 Å². The van der Waals surface area contributed by atoms with Crippen LogP contribution in [0, 0.1) is 18.3 Å². The first kappa shape index (κ1) is 24.8. The Balaban J connectivity index is 1.64. The zero-order valence-electron chi connectivity index (χ0n) is 21.8. The standard InChI is InChI=1S/C28H32N6O3/c1-18-22(16-29)24-26(37-27(30-24)28(36)33-14-12-32(13-15-33)19(2)35)25(23(18)20-8-6-5-7-9-20)34-11-10-21(17-34)31(3)4/h5-9,21H,10-15,17H2,1-4H3/t21-/m0/s1. The van der Waals surface area contributed by atoms with E-state index in [9.17, 15) is 14.9 Å². The minimum absolute atomic E-state index is 0.00261. The van der Waals surface area contributed by atoms with Crippen LogP contribution in [-0.2, 0) is 4.79 Å². The topological polar surface area (TPSA) is 96.9 Å². The predicted octanol–water partition coefficient (Wildman–Crippen LogP) is 3.12. The Morgan fingerprint density at radius 2 is 1.76 bits per heavy atom. The van der Waals surface area contributed by atoms with Crippen molar-refractivity contribution in [2.45, 2.75) is 26.3 Å². The fourth-order valence-corrected chi connectivity index (χ4v) is 5.46. The van der Waals surface area contributed by atoms with Crippen LogP contribution in [0.5, 0.6) is 0 Å². The summed E-state index contributed by atoms with van der Waals surface area (Å²) in [5.74, 6) is -0.333. The molecule has 2 saturated heterocycles. The summed E-state index contributed by atoms with van der Waals surface area (Å²) >= 11 is 0. The third-order valence-corrected chi connectivity index (χ3v) is 7.65. The molecule has 3 aromatic rings. The van der Waals surface area contributed by atoms with Gasteiger partial charge in [-0.3, -0.25) is 9.59 Å². The Morgan fingerprint density at radius 1 is 1.08 bits per heavy atom. The van der Waals surface area contributed by atoms with Crippen molar-refractivity contribution in [1.29, 1.82) is 5.26 Å². The van der Waals surface area contributed by atoms with Crippen LogP contribution in [-0.4, -0.2) is 90.9 Å². The van der Waals surface area contributed by atoms with Crippen LogP contribution in [0.25, 0.3) is 22.2 Å². The quantitative estimate of drug-likeness (QED) is 0.543. The molecule has 0 unspecified atom stereocenters. The first-order valence-electron chi connectivity index (χ1n) is 12.7. The highest BCUT2D eigenvalue weighted by molar-refractivity contribution is 6.04. The van der Waals surface area contributed by atoms with Crippen molar-refractivity contribution in [1.82, 2.24) is 19.7 Å². The Morgan fingerprint density at radius 3 is 2.35 bits per heavy atom. The first-order valence-corrected chi connectivity index (χ1v) is 12.7. The second kappa shape index (κ2) is 9.87. The van der Waals surface area contributed by atoms with E-state index in [1.54, 1.807) is 9.80 Å². The zero-order chi connectivity index (χ0) is 26.3. The predicted molar refractivity (Wildman–Crippen MR) is 141 cm³/mol. The molecule has 37 heavy (non-hydrogen) atoms. The van der Waals surface area contributed by atoms with Gasteiger partial charge in [-0.1, -0.05) is 30.3 Å². The van der Waals surface area contributed by atoms with E-state index < -0.39 is 0 Å². The highest BCUT2D eigenvalue weighted by Crippen LogP contribution is 2.44. The summed E-state index contributed by atoms with van der Waals surface area (Å²) in [6.45, 7) is 6.92. The lowest BCUT2D eigenvalue weighted by Crippen LogP contribution is -2.50. The smallest absolute Gasteiger partial charge is 0.309 e. The van der Waals surface area contributed by atoms with Crippen LogP contribution in [0.1, 0.15) is 35.2 Å². The highest BCUT2D eigenvalue weighted by Gasteiger charge is 2.33. The molecule has 192 valence electrons. The molecule has 0 saturated carbocycles. The number of rotatable bonds is 4. The number of anilines is 1. The largest absolute Gasteiger partial charge is 0.430 e. The van der Waals surface area contributed by atoms with Crippen molar-refractivity contribution in [3.05, 3.63) is 47.3 Å². The minimum atomic E-state index is -0.319. The average Bonchev–Trinajstić information content (AvgIpc) is 3.56. The highest BCUT2D eigenvalue weighted by atomic mass is 16.4. The van der Waals surface area contributed by atoms with Gasteiger partial charge in [0.1, 0.15) is 11.6 Å². The summed E-state index contributed by atoms with van der Waals surface area (Å²) in [5.41, 5.74) is 4.97. The SMILES string of the molecule is CC(=O)N1CCN(C(=O)c2nc3c(C#N)c(C)c(-c4ccccc4)c(N4CC[C@H](N(C)C)C4)c3o2)CC1. The lowest BCUT2D eigenvalue weighted by atomic mass is 9.93. The van der Waals surface area contributed by atoms with E-state index in [0.29, 0.717) is 48.9 Å². The zero-order valence-corrected chi connectivity index (χ0v) is 21.8. The molecule has 0 radical (unpaired) electrons. The summed E-state index contributed by atoms with van der Waals surface area (Å²) in [6.07, 6.45) is 1.00. The fourth-order valence-electron chi connectivity index (χ4n) is 5.46.